The van der Waals surface area contributed by atoms with Crippen LogP contribution in [0.3, 0.4) is 0 Å². The highest BCUT2D eigenvalue weighted by atomic mass is 35.5. The third-order valence-corrected chi connectivity index (χ3v) is 4.10. The van der Waals surface area contributed by atoms with Gasteiger partial charge >= 0.3 is 0 Å². The summed E-state index contributed by atoms with van der Waals surface area (Å²) in [6.45, 7) is 2.24. The molecule has 0 aromatic heterocycles. The highest BCUT2D eigenvalue weighted by Crippen LogP contribution is 2.37. The molecule has 0 bridgehead atoms. The molecular formula is C15H18ClNO. The molecule has 18 heavy (non-hydrogen) atoms. The van der Waals surface area contributed by atoms with E-state index in [4.69, 9.17) is 11.6 Å². The number of rotatable bonds is 6. The number of aldehydes is 1. The van der Waals surface area contributed by atoms with Gasteiger partial charge in [-0.1, -0.05) is 11.6 Å². The van der Waals surface area contributed by atoms with Crippen LogP contribution in [0.2, 0.25) is 5.02 Å². The molecule has 0 aliphatic heterocycles. The van der Waals surface area contributed by atoms with Crippen LogP contribution < -0.4 is 4.90 Å². The summed E-state index contributed by atoms with van der Waals surface area (Å²) in [5.41, 5.74) is 1.75. The number of hydrogen-bond donors (Lipinski definition) is 0. The molecular weight excluding hydrogens is 246 g/mol. The minimum absolute atomic E-state index is 0.654. The van der Waals surface area contributed by atoms with Gasteiger partial charge in [-0.15, -0.1) is 0 Å². The Labute approximate surface area is 113 Å². The Hall–Kier alpha value is -1.02. The molecule has 0 heterocycles. The van der Waals surface area contributed by atoms with E-state index in [0.29, 0.717) is 10.6 Å². The van der Waals surface area contributed by atoms with Crippen molar-refractivity contribution < 1.29 is 4.79 Å². The van der Waals surface area contributed by atoms with Gasteiger partial charge in [0, 0.05) is 18.7 Å². The summed E-state index contributed by atoms with van der Waals surface area (Å²) in [4.78, 5) is 13.2. The van der Waals surface area contributed by atoms with E-state index in [0.717, 1.165) is 36.9 Å². The summed E-state index contributed by atoms with van der Waals surface area (Å²) in [6, 6.07) is 5.63. The van der Waals surface area contributed by atoms with Crippen LogP contribution in [0.25, 0.3) is 0 Å². The van der Waals surface area contributed by atoms with E-state index in [2.05, 4.69) is 4.90 Å². The van der Waals surface area contributed by atoms with Gasteiger partial charge in [-0.2, -0.15) is 0 Å². The average Bonchev–Trinajstić information content (AvgIpc) is 3.23. The van der Waals surface area contributed by atoms with Gasteiger partial charge < -0.3 is 4.90 Å². The predicted molar refractivity (Wildman–Crippen MR) is 74.5 cm³/mol. The second-order valence-corrected chi connectivity index (χ2v) is 6.03. The summed E-state index contributed by atoms with van der Waals surface area (Å²) in [6.07, 6.45) is 6.26. The lowest BCUT2D eigenvalue weighted by Gasteiger charge is -2.26. The SMILES string of the molecule is O=Cc1ccc(N(CC2CC2)CC2CC2)c(Cl)c1. The standard InChI is InChI=1S/C15H18ClNO/c16-14-7-13(10-18)5-6-15(14)17(8-11-1-2-11)9-12-3-4-12/h5-7,10-12H,1-4,8-9H2. The van der Waals surface area contributed by atoms with Crippen molar-refractivity contribution in [3.8, 4) is 0 Å². The number of anilines is 1. The fourth-order valence-electron chi connectivity index (χ4n) is 2.35. The second kappa shape index (κ2) is 4.93. The lowest BCUT2D eigenvalue weighted by Crippen LogP contribution is -2.28. The molecule has 0 saturated heterocycles. The van der Waals surface area contributed by atoms with Crippen LogP contribution in [-0.4, -0.2) is 19.4 Å². The first-order valence-corrected chi connectivity index (χ1v) is 7.13. The maximum absolute atomic E-state index is 10.7. The average molecular weight is 264 g/mol. The van der Waals surface area contributed by atoms with Gasteiger partial charge in [-0.25, -0.2) is 0 Å². The van der Waals surface area contributed by atoms with E-state index in [-0.39, 0.29) is 0 Å². The zero-order valence-electron chi connectivity index (χ0n) is 10.4. The third-order valence-electron chi connectivity index (χ3n) is 3.80. The molecule has 2 nitrogen and oxygen atoms in total. The quantitative estimate of drug-likeness (QED) is 0.728. The van der Waals surface area contributed by atoms with Crippen molar-refractivity contribution in [2.24, 2.45) is 11.8 Å². The van der Waals surface area contributed by atoms with Crippen LogP contribution in [0, 0.1) is 11.8 Å². The minimum Gasteiger partial charge on any atom is -0.370 e. The molecule has 3 heteroatoms. The Kier molecular flexibility index (Phi) is 3.29. The summed E-state index contributed by atoms with van der Waals surface area (Å²) >= 11 is 6.31. The summed E-state index contributed by atoms with van der Waals surface area (Å²) in [5.74, 6) is 1.70. The first kappa shape index (κ1) is 12.0. The van der Waals surface area contributed by atoms with E-state index in [1.165, 1.54) is 25.7 Å². The highest BCUT2D eigenvalue weighted by Gasteiger charge is 2.30. The number of halogens is 1. The molecule has 2 aliphatic carbocycles. The zero-order chi connectivity index (χ0) is 12.5. The van der Waals surface area contributed by atoms with Gasteiger partial charge in [0.2, 0.25) is 0 Å². The number of carbonyl (C=O) groups is 1. The summed E-state index contributed by atoms with van der Waals surface area (Å²) < 4.78 is 0. The molecule has 0 radical (unpaired) electrons. The van der Waals surface area contributed by atoms with Crippen molar-refractivity contribution in [3.63, 3.8) is 0 Å². The zero-order valence-corrected chi connectivity index (χ0v) is 11.2. The van der Waals surface area contributed by atoms with E-state index in [9.17, 15) is 4.79 Å². The van der Waals surface area contributed by atoms with Crippen LogP contribution in [-0.2, 0) is 0 Å². The second-order valence-electron chi connectivity index (χ2n) is 5.62. The van der Waals surface area contributed by atoms with Crippen molar-refractivity contribution in [1.82, 2.24) is 0 Å². The molecule has 0 atom stereocenters. The van der Waals surface area contributed by atoms with Gasteiger partial charge in [0.15, 0.2) is 0 Å². The van der Waals surface area contributed by atoms with Gasteiger partial charge in [0.1, 0.15) is 6.29 Å². The molecule has 2 fully saturated rings. The lowest BCUT2D eigenvalue weighted by atomic mass is 10.2. The molecule has 1 aromatic rings. The predicted octanol–water partition coefficient (Wildman–Crippen LogP) is 3.78. The molecule has 2 saturated carbocycles. The van der Waals surface area contributed by atoms with Crippen LogP contribution in [0.1, 0.15) is 36.0 Å². The topological polar surface area (TPSA) is 20.3 Å². The van der Waals surface area contributed by atoms with E-state index in [1.54, 1.807) is 6.07 Å². The Morgan fingerprint density at radius 1 is 1.17 bits per heavy atom. The Bertz CT molecular complexity index is 438. The van der Waals surface area contributed by atoms with Crippen molar-refractivity contribution in [2.45, 2.75) is 25.7 Å². The first-order valence-electron chi connectivity index (χ1n) is 6.76. The number of carbonyl (C=O) groups excluding carboxylic acids is 1. The van der Waals surface area contributed by atoms with Crippen molar-refractivity contribution >= 4 is 23.6 Å². The van der Waals surface area contributed by atoms with E-state index >= 15 is 0 Å². The molecule has 0 amide bonds. The Morgan fingerprint density at radius 3 is 2.22 bits per heavy atom. The molecule has 0 N–H and O–H groups in total. The Balaban J connectivity index is 1.79. The molecule has 3 rings (SSSR count). The highest BCUT2D eigenvalue weighted by molar-refractivity contribution is 6.33. The van der Waals surface area contributed by atoms with Crippen molar-refractivity contribution in [3.05, 3.63) is 28.8 Å². The lowest BCUT2D eigenvalue weighted by molar-refractivity contribution is 0.112. The Morgan fingerprint density at radius 2 is 1.78 bits per heavy atom. The number of hydrogen-bond acceptors (Lipinski definition) is 2. The molecule has 96 valence electrons. The van der Waals surface area contributed by atoms with E-state index in [1.807, 2.05) is 12.1 Å². The van der Waals surface area contributed by atoms with Crippen molar-refractivity contribution in [1.29, 1.82) is 0 Å². The van der Waals surface area contributed by atoms with Gasteiger partial charge in [0.25, 0.3) is 0 Å². The van der Waals surface area contributed by atoms with E-state index < -0.39 is 0 Å². The van der Waals surface area contributed by atoms with Crippen LogP contribution >= 0.6 is 11.6 Å². The molecule has 1 aromatic carbocycles. The monoisotopic (exact) mass is 263 g/mol. The maximum atomic E-state index is 10.7. The van der Waals surface area contributed by atoms with Crippen LogP contribution in [0.4, 0.5) is 5.69 Å². The molecule has 2 aliphatic rings. The number of nitrogens with zero attached hydrogens (tertiary/aromatic N) is 1. The fraction of sp³-hybridized carbons (Fsp3) is 0.533. The first-order chi connectivity index (χ1) is 8.76. The molecule has 0 unspecified atom stereocenters. The smallest absolute Gasteiger partial charge is 0.150 e. The van der Waals surface area contributed by atoms with Crippen LogP contribution in [0.15, 0.2) is 18.2 Å². The molecule has 0 spiro atoms. The minimum atomic E-state index is 0.654. The van der Waals surface area contributed by atoms with Gasteiger partial charge in [-0.05, 0) is 55.7 Å². The van der Waals surface area contributed by atoms with Gasteiger partial charge in [-0.3, -0.25) is 4.79 Å². The summed E-state index contributed by atoms with van der Waals surface area (Å²) in [5, 5.41) is 0.709. The number of benzene rings is 1. The van der Waals surface area contributed by atoms with Gasteiger partial charge in [0.05, 0.1) is 10.7 Å². The fourth-order valence-corrected chi connectivity index (χ4v) is 2.66. The maximum Gasteiger partial charge on any atom is 0.150 e. The largest absolute Gasteiger partial charge is 0.370 e. The summed E-state index contributed by atoms with van der Waals surface area (Å²) in [7, 11) is 0. The normalized spacial score (nSPS) is 18.7. The third kappa shape index (κ3) is 2.86. The van der Waals surface area contributed by atoms with Crippen molar-refractivity contribution in [2.75, 3.05) is 18.0 Å². The van der Waals surface area contributed by atoms with Crippen LogP contribution in [0.5, 0.6) is 0 Å².